The summed E-state index contributed by atoms with van der Waals surface area (Å²) in [7, 11) is 0. The molecule has 0 bridgehead atoms. The van der Waals surface area contributed by atoms with Crippen LogP contribution in [0.15, 0.2) is 42.5 Å². The van der Waals surface area contributed by atoms with E-state index in [0.717, 1.165) is 21.6 Å². The Kier molecular flexibility index (Phi) is 9.38. The van der Waals surface area contributed by atoms with Crippen LogP contribution in [0.4, 0.5) is 10.5 Å². The van der Waals surface area contributed by atoms with Gasteiger partial charge in [-0.25, -0.2) is 4.79 Å². The van der Waals surface area contributed by atoms with Gasteiger partial charge in [-0.3, -0.25) is 14.5 Å². The predicted octanol–water partition coefficient (Wildman–Crippen LogP) is 4.53. The number of nitrogens with zero attached hydrogens (tertiary/aromatic N) is 1. The third-order valence-electron chi connectivity index (χ3n) is 5.18. The fourth-order valence-corrected chi connectivity index (χ4v) is 3.69. The van der Waals surface area contributed by atoms with Crippen LogP contribution in [0.3, 0.4) is 0 Å². The van der Waals surface area contributed by atoms with Gasteiger partial charge in [-0.15, -0.1) is 0 Å². The van der Waals surface area contributed by atoms with Crippen molar-refractivity contribution >= 4 is 36.2 Å². The molecule has 0 fully saturated rings. The van der Waals surface area contributed by atoms with Gasteiger partial charge in [0.1, 0.15) is 17.7 Å². The van der Waals surface area contributed by atoms with Crippen molar-refractivity contribution in [2.24, 2.45) is 0 Å². The molecule has 3 amide bonds. The monoisotopic (exact) mass is 495 g/mol. The van der Waals surface area contributed by atoms with Crippen LogP contribution in [-0.2, 0) is 14.3 Å². The summed E-state index contributed by atoms with van der Waals surface area (Å²) in [4.78, 5) is 40.4. The molecule has 2 atom stereocenters. The molecule has 186 valence electrons. The minimum Gasteiger partial charge on any atom is -0.444 e. The van der Waals surface area contributed by atoms with Gasteiger partial charge in [0, 0.05) is 17.5 Å². The highest BCUT2D eigenvalue weighted by Gasteiger charge is 2.35. The van der Waals surface area contributed by atoms with Crippen LogP contribution in [0.5, 0.6) is 0 Å². The number of carbonyl (C=O) groups excluding carboxylic acids is 3. The Hall–Kier alpha value is -3.44. The quantitative estimate of drug-likeness (QED) is 0.299. The first kappa shape index (κ1) is 27.8. The topological polar surface area (TPSA) is 87.7 Å². The minimum atomic E-state index is -1.14. The second-order valence-electron chi connectivity index (χ2n) is 9.29. The number of thiol groups is 1. The molecule has 0 saturated heterocycles. The number of carbonyl (C=O) groups is 3. The predicted molar refractivity (Wildman–Crippen MR) is 141 cm³/mol. The van der Waals surface area contributed by atoms with Gasteiger partial charge in [0.05, 0.1) is 0 Å². The fourth-order valence-electron chi connectivity index (χ4n) is 3.44. The summed E-state index contributed by atoms with van der Waals surface area (Å²) < 4.78 is 5.26. The van der Waals surface area contributed by atoms with E-state index in [-0.39, 0.29) is 5.75 Å². The Balaban J connectivity index is 2.43. The Morgan fingerprint density at radius 2 is 1.63 bits per heavy atom. The fraction of sp³-hybridized carbons (Fsp3) is 0.370. The summed E-state index contributed by atoms with van der Waals surface area (Å²) in [6.07, 6.45) is 4.98. The van der Waals surface area contributed by atoms with Gasteiger partial charge >= 0.3 is 6.09 Å². The molecule has 0 aromatic heterocycles. The van der Waals surface area contributed by atoms with Gasteiger partial charge in [0.15, 0.2) is 0 Å². The number of terminal acetylenes is 1. The zero-order valence-electron chi connectivity index (χ0n) is 21.0. The Morgan fingerprint density at radius 3 is 2.11 bits per heavy atom. The number of nitrogens with one attached hydrogen (secondary N) is 2. The molecule has 0 aliphatic carbocycles. The van der Waals surface area contributed by atoms with Gasteiger partial charge in [-0.05, 0) is 58.2 Å². The van der Waals surface area contributed by atoms with Crippen molar-refractivity contribution in [2.75, 3.05) is 11.1 Å². The molecule has 7 nitrogen and oxygen atoms in total. The highest BCUT2D eigenvalue weighted by molar-refractivity contribution is 7.80. The number of alkyl carbamates (subject to hydrolysis) is 1. The number of amides is 3. The molecule has 2 aromatic rings. The molecule has 0 heterocycles. The highest BCUT2D eigenvalue weighted by atomic mass is 32.1. The molecule has 2 rings (SSSR count). The van der Waals surface area contributed by atoms with Crippen molar-refractivity contribution in [3.8, 4) is 12.5 Å². The molecule has 0 saturated carbocycles. The number of anilines is 1. The maximum atomic E-state index is 13.6. The van der Waals surface area contributed by atoms with E-state index in [1.165, 1.54) is 0 Å². The average molecular weight is 496 g/mol. The largest absolute Gasteiger partial charge is 0.444 e. The highest BCUT2D eigenvalue weighted by Crippen LogP contribution is 2.27. The number of hydrogen-bond donors (Lipinski definition) is 3. The number of benzene rings is 2. The standard InChI is InChI=1S/C27H33N3O4S/c1-8-30(25(32)21(16-35)28-26(33)34-27(5,6)7)23(20-14-12-17(2)13-15-20)24(31)29-22-18(3)10-9-11-19(22)4/h1,9-15,21,23,35H,16H2,2-7H3,(H,28,33)(H,29,31). The molecule has 35 heavy (non-hydrogen) atoms. The van der Waals surface area contributed by atoms with E-state index < -0.39 is 35.6 Å². The lowest BCUT2D eigenvalue weighted by atomic mass is 10.0. The van der Waals surface area contributed by atoms with Crippen molar-refractivity contribution < 1.29 is 19.1 Å². The lowest BCUT2D eigenvalue weighted by molar-refractivity contribution is -0.136. The van der Waals surface area contributed by atoms with E-state index >= 15 is 0 Å². The number of rotatable bonds is 7. The lowest BCUT2D eigenvalue weighted by Crippen LogP contribution is -2.51. The molecular weight excluding hydrogens is 462 g/mol. The second kappa shape index (κ2) is 11.8. The van der Waals surface area contributed by atoms with Crippen LogP contribution in [0.25, 0.3) is 0 Å². The first-order valence-corrected chi connectivity index (χ1v) is 11.8. The van der Waals surface area contributed by atoms with Crippen molar-refractivity contribution in [2.45, 2.75) is 59.2 Å². The van der Waals surface area contributed by atoms with Gasteiger partial charge in [-0.1, -0.05) is 54.5 Å². The van der Waals surface area contributed by atoms with Gasteiger partial charge in [0.25, 0.3) is 11.8 Å². The summed E-state index contributed by atoms with van der Waals surface area (Å²) in [6, 6.07) is 12.9. The van der Waals surface area contributed by atoms with Crippen molar-refractivity contribution in [3.05, 3.63) is 64.7 Å². The molecule has 2 unspecified atom stereocenters. The van der Waals surface area contributed by atoms with Crippen LogP contribution in [0, 0.1) is 33.2 Å². The van der Waals surface area contributed by atoms with Crippen molar-refractivity contribution in [1.82, 2.24) is 10.2 Å². The second-order valence-corrected chi connectivity index (χ2v) is 9.65. The molecule has 2 N–H and O–H groups in total. The smallest absolute Gasteiger partial charge is 0.408 e. The van der Waals surface area contributed by atoms with Crippen molar-refractivity contribution in [1.29, 1.82) is 0 Å². The summed E-state index contributed by atoms with van der Waals surface area (Å²) in [5.74, 6) is -1.18. The zero-order valence-corrected chi connectivity index (χ0v) is 21.9. The Morgan fingerprint density at radius 1 is 1.06 bits per heavy atom. The Bertz CT molecular complexity index is 1100. The SMILES string of the molecule is C#CN(C(=O)C(CS)NC(=O)OC(C)(C)C)C(C(=O)Nc1c(C)cccc1C)c1ccc(C)cc1. The number of aryl methyl sites for hydroxylation is 3. The van der Waals surface area contributed by atoms with Gasteiger partial charge in [-0.2, -0.15) is 12.6 Å². The molecule has 0 aliphatic heterocycles. The molecule has 0 spiro atoms. The van der Waals surface area contributed by atoms with Crippen LogP contribution in [0.1, 0.15) is 49.1 Å². The van der Waals surface area contributed by atoms with E-state index in [4.69, 9.17) is 11.2 Å². The van der Waals surface area contributed by atoms with Crippen molar-refractivity contribution in [3.63, 3.8) is 0 Å². The summed E-state index contributed by atoms with van der Waals surface area (Å²) in [6.45, 7) is 10.8. The number of para-hydroxylation sites is 1. The van der Waals surface area contributed by atoms with Gasteiger partial charge < -0.3 is 15.4 Å². The van der Waals surface area contributed by atoms with Crippen LogP contribution < -0.4 is 10.6 Å². The molecular formula is C27H33N3O4S. The first-order chi connectivity index (χ1) is 16.4. The zero-order chi connectivity index (χ0) is 26.3. The summed E-state index contributed by atoms with van der Waals surface area (Å²) >= 11 is 4.22. The normalized spacial score (nSPS) is 12.6. The van der Waals surface area contributed by atoms with E-state index in [1.54, 1.807) is 32.9 Å². The summed E-state index contributed by atoms with van der Waals surface area (Å²) in [5, 5.41) is 5.43. The number of hydrogen-bond acceptors (Lipinski definition) is 5. The van der Waals surface area contributed by atoms with E-state index in [0.29, 0.717) is 11.3 Å². The molecule has 8 heteroatoms. The lowest BCUT2D eigenvalue weighted by Gasteiger charge is -2.30. The molecule has 0 radical (unpaired) electrons. The maximum Gasteiger partial charge on any atom is 0.408 e. The molecule has 0 aliphatic rings. The minimum absolute atomic E-state index is 0.0462. The van der Waals surface area contributed by atoms with E-state index in [2.05, 4.69) is 29.3 Å². The third kappa shape index (κ3) is 7.52. The summed E-state index contributed by atoms with van der Waals surface area (Å²) in [5.41, 5.74) is 3.16. The molecule has 2 aromatic carbocycles. The van der Waals surface area contributed by atoms with Gasteiger partial charge in [0.2, 0.25) is 0 Å². The first-order valence-electron chi connectivity index (χ1n) is 11.2. The van der Waals surface area contributed by atoms with Crippen LogP contribution in [0.2, 0.25) is 0 Å². The van der Waals surface area contributed by atoms with E-state index in [9.17, 15) is 14.4 Å². The average Bonchev–Trinajstić information content (AvgIpc) is 2.77. The number of ether oxygens (including phenoxy) is 1. The van der Waals surface area contributed by atoms with Crippen LogP contribution in [-0.4, -0.2) is 40.2 Å². The third-order valence-corrected chi connectivity index (χ3v) is 5.54. The van der Waals surface area contributed by atoms with E-state index in [1.807, 2.05) is 51.1 Å². The Labute approximate surface area is 213 Å². The van der Waals surface area contributed by atoms with Crippen LogP contribution >= 0.6 is 12.6 Å². The maximum absolute atomic E-state index is 13.6.